The van der Waals surface area contributed by atoms with Crippen LogP contribution in [0.5, 0.6) is 0 Å². The molecule has 3 aromatic rings. The summed E-state index contributed by atoms with van der Waals surface area (Å²) in [5, 5.41) is 3.57. The van der Waals surface area contributed by atoms with E-state index in [9.17, 15) is 0 Å². The molecule has 2 nitrogen and oxygen atoms in total. The summed E-state index contributed by atoms with van der Waals surface area (Å²) >= 11 is 0. The summed E-state index contributed by atoms with van der Waals surface area (Å²) in [7, 11) is 0. The van der Waals surface area contributed by atoms with E-state index < -0.39 is 0 Å². The molecule has 0 spiro atoms. The highest BCUT2D eigenvalue weighted by atomic mass is 16.5. The van der Waals surface area contributed by atoms with Gasteiger partial charge in [0, 0.05) is 23.9 Å². The predicted molar refractivity (Wildman–Crippen MR) is 112 cm³/mol. The fourth-order valence-electron chi connectivity index (χ4n) is 4.58. The highest BCUT2D eigenvalue weighted by Gasteiger charge is 2.32. The Bertz CT molecular complexity index is 911. The van der Waals surface area contributed by atoms with E-state index in [-0.39, 0.29) is 0 Å². The Morgan fingerprint density at radius 3 is 2.33 bits per heavy atom. The second kappa shape index (κ2) is 7.21. The van der Waals surface area contributed by atoms with Crippen molar-refractivity contribution in [2.24, 2.45) is 0 Å². The van der Waals surface area contributed by atoms with Gasteiger partial charge in [0.1, 0.15) is 0 Å². The Labute approximate surface area is 161 Å². The van der Waals surface area contributed by atoms with Gasteiger partial charge in [-0.2, -0.15) is 0 Å². The summed E-state index contributed by atoms with van der Waals surface area (Å²) in [5.41, 5.74) is 7.79. The first-order valence-electron chi connectivity index (χ1n) is 10.0. The number of anilines is 2. The Hall–Kier alpha value is -2.58. The zero-order valence-electron chi connectivity index (χ0n) is 15.5. The van der Waals surface area contributed by atoms with E-state index in [4.69, 9.17) is 4.74 Å². The Morgan fingerprint density at radius 1 is 0.778 bits per heavy atom. The Kier molecular flexibility index (Phi) is 4.43. The summed E-state index contributed by atoms with van der Waals surface area (Å²) in [6.45, 7) is 0.940. The van der Waals surface area contributed by atoms with Crippen LogP contribution in [0.2, 0.25) is 0 Å². The van der Waals surface area contributed by atoms with E-state index >= 15 is 0 Å². The monoisotopic (exact) mass is 355 g/mol. The van der Waals surface area contributed by atoms with Crippen molar-refractivity contribution in [1.82, 2.24) is 0 Å². The third-order valence-corrected chi connectivity index (χ3v) is 5.96. The highest BCUT2D eigenvalue weighted by Crippen LogP contribution is 2.41. The van der Waals surface area contributed by atoms with Crippen LogP contribution < -0.4 is 5.32 Å². The van der Waals surface area contributed by atoms with Gasteiger partial charge in [0.25, 0.3) is 0 Å². The molecule has 0 aromatic heterocycles. The lowest BCUT2D eigenvalue weighted by atomic mass is 9.93. The van der Waals surface area contributed by atoms with E-state index in [2.05, 4.69) is 78.1 Å². The number of ether oxygens (including phenoxy) is 1. The molecule has 27 heavy (non-hydrogen) atoms. The lowest BCUT2D eigenvalue weighted by Gasteiger charge is -2.19. The standard InChI is InChI=1S/C25H25NO/c1-2-5-18(6-3-1)19-8-11-21(12-9-19)26-22-13-15-23-20(17-22)10-14-24(23)25-7-4-16-27-25/h1-3,5-6,8-9,11-13,15,17,24-26H,4,7,10,14,16H2/t24-,25+/m1/s1. The molecule has 2 aliphatic rings. The Morgan fingerprint density at radius 2 is 1.56 bits per heavy atom. The molecule has 2 atom stereocenters. The van der Waals surface area contributed by atoms with Gasteiger partial charge in [-0.25, -0.2) is 0 Å². The van der Waals surface area contributed by atoms with Crippen LogP contribution in [0.3, 0.4) is 0 Å². The first-order chi connectivity index (χ1) is 13.4. The van der Waals surface area contributed by atoms with Gasteiger partial charge in [-0.05, 0) is 72.2 Å². The van der Waals surface area contributed by atoms with Crippen molar-refractivity contribution in [1.29, 1.82) is 0 Å². The average Bonchev–Trinajstić information content (AvgIpc) is 3.38. The summed E-state index contributed by atoms with van der Waals surface area (Å²) in [5.74, 6) is 0.599. The zero-order valence-corrected chi connectivity index (χ0v) is 15.5. The van der Waals surface area contributed by atoms with Gasteiger partial charge in [0.2, 0.25) is 0 Å². The van der Waals surface area contributed by atoms with Crippen LogP contribution in [-0.4, -0.2) is 12.7 Å². The van der Waals surface area contributed by atoms with Crippen molar-refractivity contribution in [2.45, 2.75) is 37.7 Å². The summed E-state index contributed by atoms with van der Waals surface area (Å²) in [6.07, 6.45) is 5.28. The third kappa shape index (κ3) is 3.38. The number of hydrogen-bond donors (Lipinski definition) is 1. The molecule has 1 saturated heterocycles. The molecule has 0 unspecified atom stereocenters. The van der Waals surface area contributed by atoms with Crippen molar-refractivity contribution in [3.05, 3.63) is 83.9 Å². The van der Waals surface area contributed by atoms with E-state index in [0.717, 1.165) is 12.3 Å². The lowest BCUT2D eigenvalue weighted by molar-refractivity contribution is 0.0888. The average molecular weight is 355 g/mol. The summed E-state index contributed by atoms with van der Waals surface area (Å²) in [4.78, 5) is 0. The predicted octanol–water partition coefficient (Wildman–Crippen LogP) is 6.31. The molecule has 5 rings (SSSR count). The second-order valence-corrected chi connectivity index (χ2v) is 7.68. The van der Waals surface area contributed by atoms with Crippen LogP contribution in [0, 0.1) is 0 Å². The maximum Gasteiger partial charge on any atom is 0.0644 e. The van der Waals surface area contributed by atoms with Crippen LogP contribution in [-0.2, 0) is 11.2 Å². The van der Waals surface area contributed by atoms with Crippen LogP contribution in [0.25, 0.3) is 11.1 Å². The van der Waals surface area contributed by atoms with Crippen molar-refractivity contribution in [2.75, 3.05) is 11.9 Å². The molecule has 1 N–H and O–H groups in total. The smallest absolute Gasteiger partial charge is 0.0644 e. The molecule has 136 valence electrons. The molecule has 1 aliphatic heterocycles. The number of nitrogens with one attached hydrogen (secondary N) is 1. The molecule has 1 heterocycles. The molecule has 1 aliphatic carbocycles. The molecule has 1 fully saturated rings. The molecule has 3 aromatic carbocycles. The van der Waals surface area contributed by atoms with Crippen LogP contribution in [0.15, 0.2) is 72.8 Å². The van der Waals surface area contributed by atoms with E-state index in [1.807, 2.05) is 0 Å². The molecule has 2 heteroatoms. The molecular weight excluding hydrogens is 330 g/mol. The fourth-order valence-corrected chi connectivity index (χ4v) is 4.58. The van der Waals surface area contributed by atoms with Gasteiger partial charge in [-0.15, -0.1) is 0 Å². The maximum atomic E-state index is 5.95. The van der Waals surface area contributed by atoms with E-state index in [1.165, 1.54) is 53.6 Å². The van der Waals surface area contributed by atoms with Gasteiger partial charge in [-0.1, -0.05) is 48.5 Å². The molecule has 0 bridgehead atoms. The minimum Gasteiger partial charge on any atom is -0.378 e. The quantitative estimate of drug-likeness (QED) is 0.592. The van der Waals surface area contributed by atoms with Gasteiger partial charge < -0.3 is 10.1 Å². The fraction of sp³-hybridized carbons (Fsp3) is 0.280. The zero-order chi connectivity index (χ0) is 18.1. The number of benzene rings is 3. The summed E-state index contributed by atoms with van der Waals surface area (Å²) < 4.78 is 5.95. The van der Waals surface area contributed by atoms with Gasteiger partial charge >= 0.3 is 0 Å². The van der Waals surface area contributed by atoms with Crippen LogP contribution in [0.1, 0.15) is 36.3 Å². The van der Waals surface area contributed by atoms with Crippen LogP contribution in [0.4, 0.5) is 11.4 Å². The number of aryl methyl sites for hydroxylation is 1. The highest BCUT2D eigenvalue weighted by molar-refractivity contribution is 5.68. The number of hydrogen-bond acceptors (Lipinski definition) is 2. The number of fused-ring (bicyclic) bond motifs is 1. The largest absolute Gasteiger partial charge is 0.378 e. The minimum absolute atomic E-state index is 0.440. The summed E-state index contributed by atoms with van der Waals surface area (Å²) in [6, 6.07) is 26.0. The van der Waals surface area contributed by atoms with E-state index in [0.29, 0.717) is 12.0 Å². The first-order valence-corrected chi connectivity index (χ1v) is 10.0. The van der Waals surface area contributed by atoms with Crippen molar-refractivity contribution < 1.29 is 4.74 Å². The molecule has 0 radical (unpaired) electrons. The first kappa shape index (κ1) is 16.6. The maximum absolute atomic E-state index is 5.95. The van der Waals surface area contributed by atoms with Crippen molar-refractivity contribution in [3.63, 3.8) is 0 Å². The molecule has 0 saturated carbocycles. The van der Waals surface area contributed by atoms with Gasteiger partial charge in [-0.3, -0.25) is 0 Å². The third-order valence-electron chi connectivity index (χ3n) is 5.96. The SMILES string of the molecule is c1ccc(-c2ccc(Nc3ccc4c(c3)CC[C@H]4[C@@H]3CCCO3)cc2)cc1. The number of rotatable bonds is 4. The van der Waals surface area contributed by atoms with Gasteiger partial charge in [0.05, 0.1) is 6.10 Å². The van der Waals surface area contributed by atoms with Crippen LogP contribution >= 0.6 is 0 Å². The van der Waals surface area contributed by atoms with Crippen molar-refractivity contribution in [3.8, 4) is 11.1 Å². The van der Waals surface area contributed by atoms with Crippen molar-refractivity contribution >= 4 is 11.4 Å². The minimum atomic E-state index is 0.440. The second-order valence-electron chi connectivity index (χ2n) is 7.68. The molecular formula is C25H25NO. The normalized spacial score (nSPS) is 21.2. The Balaban J connectivity index is 1.32. The van der Waals surface area contributed by atoms with Gasteiger partial charge in [0.15, 0.2) is 0 Å². The topological polar surface area (TPSA) is 21.3 Å². The van der Waals surface area contributed by atoms with E-state index in [1.54, 1.807) is 0 Å². The molecule has 0 amide bonds. The lowest BCUT2D eigenvalue weighted by Crippen LogP contribution is -2.15.